The van der Waals surface area contributed by atoms with Crippen LogP contribution in [-0.4, -0.2) is 29.9 Å². The Morgan fingerprint density at radius 3 is 2.67 bits per heavy atom. The lowest BCUT2D eigenvalue weighted by atomic mass is 9.88. The molecule has 2 N–H and O–H groups in total. The summed E-state index contributed by atoms with van der Waals surface area (Å²) in [6.07, 6.45) is 0.586. The number of rotatable bonds is 6. The molecule has 0 aromatic heterocycles. The number of hydrogen-bond acceptors (Lipinski definition) is 2. The molecule has 1 saturated heterocycles. The summed E-state index contributed by atoms with van der Waals surface area (Å²) < 4.78 is 12.6. The van der Waals surface area contributed by atoms with E-state index in [9.17, 15) is 14.0 Å². The van der Waals surface area contributed by atoms with Crippen molar-refractivity contribution in [1.82, 2.24) is 4.90 Å². The van der Waals surface area contributed by atoms with Crippen molar-refractivity contribution < 1.29 is 14.0 Å². The Hall–Kier alpha value is -1.91. The number of benzene rings is 1. The normalized spacial score (nSPS) is 21.3. The lowest BCUT2D eigenvalue weighted by molar-refractivity contribution is -0.138. The van der Waals surface area contributed by atoms with Crippen molar-refractivity contribution in [3.05, 3.63) is 35.9 Å². The molecule has 0 bridgehead atoms. The van der Waals surface area contributed by atoms with Gasteiger partial charge in [0.1, 0.15) is 0 Å². The van der Waals surface area contributed by atoms with Crippen molar-refractivity contribution in [2.24, 2.45) is 17.6 Å². The van der Waals surface area contributed by atoms with Crippen molar-refractivity contribution in [3.8, 4) is 0 Å². The first kappa shape index (κ1) is 15.5. The summed E-state index contributed by atoms with van der Waals surface area (Å²) in [5, 5.41) is 0. The first-order valence-electron chi connectivity index (χ1n) is 7.27. The molecular weight excluding hydrogens is 271 g/mol. The fourth-order valence-electron chi connectivity index (χ4n) is 3.05. The summed E-state index contributed by atoms with van der Waals surface area (Å²) in [6.45, 7) is 1.91. The molecule has 1 heterocycles. The van der Waals surface area contributed by atoms with Gasteiger partial charge in [-0.3, -0.25) is 14.0 Å². The second-order valence-corrected chi connectivity index (χ2v) is 5.50. The average Bonchev–Trinajstić information content (AvgIpc) is 2.86. The minimum absolute atomic E-state index is 0.0271. The van der Waals surface area contributed by atoms with E-state index in [1.807, 2.05) is 37.3 Å². The fourth-order valence-corrected chi connectivity index (χ4v) is 3.05. The molecule has 114 valence electrons. The van der Waals surface area contributed by atoms with E-state index >= 15 is 0 Å². The van der Waals surface area contributed by atoms with Gasteiger partial charge in [0.15, 0.2) is 0 Å². The number of carbonyl (C=O) groups is 2. The fraction of sp³-hybridized carbons (Fsp3) is 0.500. The van der Waals surface area contributed by atoms with Crippen LogP contribution in [0.1, 0.15) is 31.4 Å². The first-order chi connectivity index (χ1) is 10.1. The molecule has 21 heavy (non-hydrogen) atoms. The maximum atomic E-state index is 12.6. The van der Waals surface area contributed by atoms with Gasteiger partial charge in [-0.2, -0.15) is 0 Å². The van der Waals surface area contributed by atoms with Gasteiger partial charge in [0, 0.05) is 6.54 Å². The molecular formula is C16H21FN2O2. The van der Waals surface area contributed by atoms with Crippen LogP contribution in [0.2, 0.25) is 0 Å². The predicted molar refractivity (Wildman–Crippen MR) is 78.0 cm³/mol. The third-order valence-electron chi connectivity index (χ3n) is 4.30. The van der Waals surface area contributed by atoms with Crippen LogP contribution in [0.25, 0.3) is 0 Å². The smallest absolute Gasteiger partial charge is 0.227 e. The van der Waals surface area contributed by atoms with Gasteiger partial charge in [0.05, 0.1) is 24.6 Å². The van der Waals surface area contributed by atoms with Gasteiger partial charge in [-0.1, -0.05) is 30.3 Å². The van der Waals surface area contributed by atoms with E-state index in [-0.39, 0.29) is 18.4 Å². The van der Waals surface area contributed by atoms with Gasteiger partial charge in [0.2, 0.25) is 11.8 Å². The molecule has 0 saturated carbocycles. The van der Waals surface area contributed by atoms with Crippen LogP contribution >= 0.6 is 0 Å². The van der Waals surface area contributed by atoms with Crippen LogP contribution in [0.15, 0.2) is 30.3 Å². The third kappa shape index (κ3) is 3.23. The molecule has 1 aromatic carbocycles. The number of likely N-dealkylation sites (tertiary alicyclic amines) is 1. The number of hydrogen-bond donors (Lipinski definition) is 1. The largest absolute Gasteiger partial charge is 0.369 e. The number of nitrogens with zero attached hydrogens (tertiary/aromatic N) is 1. The zero-order valence-corrected chi connectivity index (χ0v) is 12.2. The number of amides is 2. The zero-order valence-electron chi connectivity index (χ0n) is 12.2. The van der Waals surface area contributed by atoms with Gasteiger partial charge < -0.3 is 10.6 Å². The second kappa shape index (κ2) is 6.70. The number of nitrogens with two attached hydrogens (primary N) is 1. The summed E-state index contributed by atoms with van der Waals surface area (Å²) in [5.41, 5.74) is 6.37. The summed E-state index contributed by atoms with van der Waals surface area (Å²) in [7, 11) is 0. The highest BCUT2D eigenvalue weighted by Gasteiger charge is 2.41. The summed E-state index contributed by atoms with van der Waals surface area (Å²) in [5.74, 6) is -1.86. The number of alkyl halides is 1. The lowest BCUT2D eigenvalue weighted by Crippen LogP contribution is -2.37. The highest BCUT2D eigenvalue weighted by Crippen LogP contribution is 2.33. The molecule has 0 aliphatic carbocycles. The van der Waals surface area contributed by atoms with Crippen molar-refractivity contribution in [3.63, 3.8) is 0 Å². The zero-order chi connectivity index (χ0) is 15.4. The van der Waals surface area contributed by atoms with E-state index in [0.717, 1.165) is 5.56 Å². The molecule has 2 rings (SSSR count). The van der Waals surface area contributed by atoms with E-state index in [1.165, 1.54) is 0 Å². The molecule has 5 heteroatoms. The third-order valence-corrected chi connectivity index (χ3v) is 4.30. The van der Waals surface area contributed by atoms with E-state index < -0.39 is 24.4 Å². The van der Waals surface area contributed by atoms with Gasteiger partial charge in [-0.05, 0) is 25.3 Å². The number of carbonyl (C=O) groups excluding carboxylic acids is 2. The van der Waals surface area contributed by atoms with Crippen LogP contribution < -0.4 is 5.73 Å². The van der Waals surface area contributed by atoms with Crippen molar-refractivity contribution in [2.75, 3.05) is 13.2 Å². The summed E-state index contributed by atoms with van der Waals surface area (Å²) in [6, 6.07) is 9.67. The summed E-state index contributed by atoms with van der Waals surface area (Å²) in [4.78, 5) is 25.7. The predicted octanol–water partition coefficient (Wildman–Crippen LogP) is 2.06. The van der Waals surface area contributed by atoms with Gasteiger partial charge in [0.25, 0.3) is 0 Å². The minimum atomic E-state index is -0.699. The van der Waals surface area contributed by atoms with Crippen LogP contribution in [0, 0.1) is 11.8 Å². The van der Waals surface area contributed by atoms with Crippen molar-refractivity contribution >= 4 is 11.8 Å². The average molecular weight is 292 g/mol. The van der Waals surface area contributed by atoms with E-state index in [0.29, 0.717) is 13.0 Å². The van der Waals surface area contributed by atoms with Gasteiger partial charge in [-0.25, -0.2) is 0 Å². The molecule has 1 aliphatic heterocycles. The minimum Gasteiger partial charge on any atom is -0.369 e. The van der Waals surface area contributed by atoms with Crippen molar-refractivity contribution in [1.29, 1.82) is 0 Å². The molecule has 3 atom stereocenters. The van der Waals surface area contributed by atoms with Crippen LogP contribution in [0.3, 0.4) is 0 Å². The van der Waals surface area contributed by atoms with E-state index in [2.05, 4.69) is 0 Å². The maximum absolute atomic E-state index is 12.6. The Morgan fingerprint density at radius 2 is 2.10 bits per heavy atom. The van der Waals surface area contributed by atoms with Crippen molar-refractivity contribution in [2.45, 2.75) is 25.8 Å². The van der Waals surface area contributed by atoms with E-state index in [1.54, 1.807) is 4.90 Å². The van der Waals surface area contributed by atoms with E-state index in [4.69, 9.17) is 5.73 Å². The van der Waals surface area contributed by atoms with Crippen LogP contribution in [0.5, 0.6) is 0 Å². The second-order valence-electron chi connectivity index (χ2n) is 5.50. The quantitative estimate of drug-likeness (QED) is 0.872. The van der Waals surface area contributed by atoms with Gasteiger partial charge in [-0.15, -0.1) is 0 Å². The first-order valence-corrected chi connectivity index (χ1v) is 7.27. The van der Waals surface area contributed by atoms with Gasteiger partial charge >= 0.3 is 0 Å². The molecule has 2 amide bonds. The molecule has 1 aromatic rings. The Morgan fingerprint density at radius 1 is 1.43 bits per heavy atom. The number of primary amides is 1. The van der Waals surface area contributed by atoms with Crippen LogP contribution in [0.4, 0.5) is 4.39 Å². The number of halogens is 1. The highest BCUT2D eigenvalue weighted by molar-refractivity contribution is 5.88. The maximum Gasteiger partial charge on any atom is 0.227 e. The SMILES string of the molecule is C[C@H](c1ccccc1)N1CC[C@@H]([C@H](CCF)C(N)=O)C1=O. The molecule has 1 aliphatic rings. The molecule has 4 nitrogen and oxygen atoms in total. The Kier molecular flexibility index (Phi) is 4.94. The topological polar surface area (TPSA) is 63.4 Å². The molecule has 0 radical (unpaired) electrons. The standard InChI is InChI=1S/C16H21FN2O2/c1-11(12-5-3-2-4-6-12)19-10-8-14(16(19)21)13(7-9-17)15(18)20/h2-6,11,13-14H,7-10H2,1H3,(H2,18,20)/t11-,13+,14+/m1/s1. The Bertz CT molecular complexity index is 506. The summed E-state index contributed by atoms with van der Waals surface area (Å²) >= 11 is 0. The Labute approximate surface area is 124 Å². The monoisotopic (exact) mass is 292 g/mol. The molecule has 1 fully saturated rings. The lowest BCUT2D eigenvalue weighted by Gasteiger charge is -2.26. The molecule has 0 spiro atoms. The molecule has 0 unspecified atom stereocenters. The van der Waals surface area contributed by atoms with Crippen LogP contribution in [-0.2, 0) is 9.59 Å². The Balaban J connectivity index is 2.12. The highest BCUT2D eigenvalue weighted by atomic mass is 19.1.